The van der Waals surface area contributed by atoms with E-state index in [1.807, 2.05) is 19.0 Å². The third kappa shape index (κ3) is 3.21. The Balaban J connectivity index is 1.65. The van der Waals surface area contributed by atoms with Crippen LogP contribution in [0.25, 0.3) is 0 Å². The van der Waals surface area contributed by atoms with Crippen LogP contribution in [0.3, 0.4) is 0 Å². The van der Waals surface area contributed by atoms with Gasteiger partial charge in [0.1, 0.15) is 0 Å². The molecule has 0 spiro atoms. The number of likely N-dealkylation sites (tertiary alicyclic amines) is 1. The number of rotatable bonds is 4. The van der Waals surface area contributed by atoms with Crippen LogP contribution in [0.2, 0.25) is 0 Å². The molecule has 2 heterocycles. The molecular formula is C15H26N4O2. The topological polar surface area (TPSA) is 65.6 Å². The van der Waals surface area contributed by atoms with E-state index in [2.05, 4.69) is 15.0 Å². The second-order valence-electron chi connectivity index (χ2n) is 6.58. The van der Waals surface area contributed by atoms with E-state index >= 15 is 0 Å². The zero-order valence-corrected chi connectivity index (χ0v) is 13.0. The number of anilines is 1. The molecule has 1 aliphatic carbocycles. The van der Waals surface area contributed by atoms with E-state index in [1.165, 1.54) is 25.7 Å². The molecule has 1 saturated carbocycles. The third-order valence-electron chi connectivity index (χ3n) is 4.89. The van der Waals surface area contributed by atoms with E-state index in [1.54, 1.807) is 0 Å². The molecule has 1 N–H and O–H groups in total. The van der Waals surface area contributed by atoms with Gasteiger partial charge in [-0.3, -0.25) is 4.90 Å². The van der Waals surface area contributed by atoms with E-state index in [9.17, 15) is 5.11 Å². The molecule has 2 aliphatic rings. The highest BCUT2D eigenvalue weighted by atomic mass is 16.5. The van der Waals surface area contributed by atoms with Gasteiger partial charge in [0.15, 0.2) is 0 Å². The lowest BCUT2D eigenvalue weighted by atomic mass is 9.80. The highest BCUT2D eigenvalue weighted by Gasteiger charge is 2.37. The van der Waals surface area contributed by atoms with E-state index in [4.69, 9.17) is 4.52 Å². The van der Waals surface area contributed by atoms with Crippen molar-refractivity contribution < 1.29 is 9.63 Å². The maximum atomic E-state index is 10.3. The van der Waals surface area contributed by atoms with Crippen molar-refractivity contribution in [3.63, 3.8) is 0 Å². The normalized spacial score (nSPS) is 30.7. The Morgan fingerprint density at radius 3 is 2.76 bits per heavy atom. The largest absolute Gasteiger partial charge is 0.393 e. The van der Waals surface area contributed by atoms with Crippen molar-refractivity contribution in [3.8, 4) is 0 Å². The minimum atomic E-state index is -0.135. The summed E-state index contributed by atoms with van der Waals surface area (Å²) in [6, 6.07) is 0.468. The lowest BCUT2D eigenvalue weighted by molar-refractivity contribution is 0.0178. The SMILES string of the molecule is CN(C)c1noc(CN2CCC[C@@H]2[C@@H]2CCCC[C@@H]2O)n1. The van der Waals surface area contributed by atoms with Gasteiger partial charge in [0.25, 0.3) is 5.95 Å². The monoisotopic (exact) mass is 294 g/mol. The molecule has 21 heavy (non-hydrogen) atoms. The van der Waals surface area contributed by atoms with Crippen molar-refractivity contribution in [2.24, 2.45) is 5.92 Å². The molecule has 3 atom stereocenters. The molecule has 0 bridgehead atoms. The lowest BCUT2D eigenvalue weighted by Crippen LogP contribution is -2.42. The fourth-order valence-electron chi connectivity index (χ4n) is 3.79. The smallest absolute Gasteiger partial charge is 0.265 e. The quantitative estimate of drug-likeness (QED) is 0.911. The van der Waals surface area contributed by atoms with Crippen LogP contribution < -0.4 is 4.90 Å². The summed E-state index contributed by atoms with van der Waals surface area (Å²) in [6.07, 6.45) is 6.76. The highest BCUT2D eigenvalue weighted by molar-refractivity contribution is 5.23. The Morgan fingerprint density at radius 1 is 1.24 bits per heavy atom. The molecule has 1 aliphatic heterocycles. The average Bonchev–Trinajstić information content (AvgIpc) is 3.09. The number of hydrogen-bond acceptors (Lipinski definition) is 6. The number of aliphatic hydroxyl groups excluding tert-OH is 1. The zero-order chi connectivity index (χ0) is 14.8. The highest BCUT2D eigenvalue weighted by Crippen LogP contribution is 2.35. The van der Waals surface area contributed by atoms with Gasteiger partial charge in [-0.05, 0) is 37.4 Å². The molecule has 0 amide bonds. The molecule has 2 fully saturated rings. The Kier molecular flexibility index (Phi) is 4.45. The molecule has 1 aromatic rings. The predicted octanol–water partition coefficient (Wildman–Crippen LogP) is 1.65. The summed E-state index contributed by atoms with van der Waals surface area (Å²) in [4.78, 5) is 8.69. The van der Waals surface area contributed by atoms with Crippen molar-refractivity contribution in [2.45, 2.75) is 57.2 Å². The number of aliphatic hydroxyl groups is 1. The van der Waals surface area contributed by atoms with Gasteiger partial charge in [-0.2, -0.15) is 4.98 Å². The second kappa shape index (κ2) is 6.32. The summed E-state index contributed by atoms with van der Waals surface area (Å²) >= 11 is 0. The minimum absolute atomic E-state index is 0.135. The molecule has 0 unspecified atom stereocenters. The third-order valence-corrected chi connectivity index (χ3v) is 4.89. The van der Waals surface area contributed by atoms with Crippen LogP contribution in [0.1, 0.15) is 44.4 Å². The predicted molar refractivity (Wildman–Crippen MR) is 80.0 cm³/mol. The van der Waals surface area contributed by atoms with Gasteiger partial charge in [-0.15, -0.1) is 0 Å². The van der Waals surface area contributed by atoms with Gasteiger partial charge in [-0.25, -0.2) is 0 Å². The first-order valence-electron chi connectivity index (χ1n) is 8.07. The van der Waals surface area contributed by atoms with Crippen LogP contribution in [0.15, 0.2) is 4.52 Å². The average molecular weight is 294 g/mol. The minimum Gasteiger partial charge on any atom is -0.393 e. The maximum Gasteiger partial charge on any atom is 0.265 e. The molecule has 0 radical (unpaired) electrons. The first kappa shape index (κ1) is 14.8. The lowest BCUT2D eigenvalue weighted by Gasteiger charge is -2.36. The van der Waals surface area contributed by atoms with Crippen LogP contribution in [0.4, 0.5) is 5.95 Å². The summed E-state index contributed by atoms with van der Waals surface area (Å²) < 4.78 is 5.34. The van der Waals surface area contributed by atoms with Gasteiger partial charge in [0.05, 0.1) is 12.6 Å². The van der Waals surface area contributed by atoms with E-state index in [0.29, 0.717) is 30.3 Å². The van der Waals surface area contributed by atoms with Crippen molar-refractivity contribution in [3.05, 3.63) is 5.89 Å². The molecule has 6 nitrogen and oxygen atoms in total. The first-order chi connectivity index (χ1) is 10.1. The molecule has 6 heteroatoms. The molecule has 118 valence electrons. The summed E-state index contributed by atoms with van der Waals surface area (Å²) in [7, 11) is 3.82. The summed E-state index contributed by atoms with van der Waals surface area (Å²) in [6.45, 7) is 1.77. The van der Waals surface area contributed by atoms with Crippen LogP contribution >= 0.6 is 0 Å². The van der Waals surface area contributed by atoms with Crippen molar-refractivity contribution in [1.82, 2.24) is 15.0 Å². The Morgan fingerprint density at radius 2 is 2.05 bits per heavy atom. The molecule has 3 rings (SSSR count). The number of hydrogen-bond donors (Lipinski definition) is 1. The molecular weight excluding hydrogens is 268 g/mol. The standard InChI is InChI=1S/C15H26N4O2/c1-18(2)15-16-14(21-17-15)10-19-9-5-7-12(19)11-6-3-4-8-13(11)20/h11-13,20H,3-10H2,1-2H3/t11-,12+,13-/m0/s1. The van der Waals surface area contributed by atoms with Crippen LogP contribution in [-0.4, -0.2) is 52.9 Å². The Labute approximate surface area is 126 Å². The Bertz CT molecular complexity index is 462. The van der Waals surface area contributed by atoms with Crippen LogP contribution in [0.5, 0.6) is 0 Å². The summed E-state index contributed by atoms with van der Waals surface area (Å²) in [5, 5.41) is 14.3. The van der Waals surface area contributed by atoms with E-state index in [-0.39, 0.29) is 6.10 Å². The second-order valence-corrected chi connectivity index (χ2v) is 6.58. The molecule has 1 saturated heterocycles. The fraction of sp³-hybridized carbons (Fsp3) is 0.867. The molecule has 0 aromatic carbocycles. The zero-order valence-electron chi connectivity index (χ0n) is 13.0. The number of aromatic nitrogens is 2. The summed E-state index contributed by atoms with van der Waals surface area (Å²) in [5.41, 5.74) is 0. The van der Waals surface area contributed by atoms with Gasteiger partial charge in [-0.1, -0.05) is 12.8 Å². The van der Waals surface area contributed by atoms with Crippen molar-refractivity contribution >= 4 is 5.95 Å². The van der Waals surface area contributed by atoms with Crippen molar-refractivity contribution in [2.75, 3.05) is 25.5 Å². The first-order valence-corrected chi connectivity index (χ1v) is 8.07. The van der Waals surface area contributed by atoms with Gasteiger partial charge >= 0.3 is 0 Å². The number of nitrogens with zero attached hydrogens (tertiary/aromatic N) is 4. The van der Waals surface area contributed by atoms with Crippen molar-refractivity contribution in [1.29, 1.82) is 0 Å². The van der Waals surface area contributed by atoms with Gasteiger partial charge in [0, 0.05) is 26.1 Å². The maximum absolute atomic E-state index is 10.3. The fourth-order valence-corrected chi connectivity index (χ4v) is 3.79. The van der Waals surface area contributed by atoms with Gasteiger partial charge in [0.2, 0.25) is 5.89 Å². The Hall–Kier alpha value is -1.14. The molecule has 1 aromatic heterocycles. The van der Waals surface area contributed by atoms with Crippen LogP contribution in [-0.2, 0) is 6.54 Å². The van der Waals surface area contributed by atoms with E-state index < -0.39 is 0 Å². The van der Waals surface area contributed by atoms with Crippen LogP contribution in [0, 0.1) is 5.92 Å². The van der Waals surface area contributed by atoms with Gasteiger partial charge < -0.3 is 14.5 Å². The summed E-state index contributed by atoms with van der Waals surface area (Å²) in [5.74, 6) is 1.71. The van der Waals surface area contributed by atoms with E-state index in [0.717, 1.165) is 19.4 Å².